The predicted octanol–water partition coefficient (Wildman–Crippen LogP) is 3.28. The molecule has 3 aliphatic rings. The summed E-state index contributed by atoms with van der Waals surface area (Å²) in [7, 11) is 0. The van der Waals surface area contributed by atoms with Gasteiger partial charge in [0.05, 0.1) is 5.60 Å². The van der Waals surface area contributed by atoms with Crippen LogP contribution >= 0.6 is 11.3 Å². The summed E-state index contributed by atoms with van der Waals surface area (Å²) in [5.74, 6) is 0. The van der Waals surface area contributed by atoms with Gasteiger partial charge < -0.3 is 9.64 Å². The highest BCUT2D eigenvalue weighted by Gasteiger charge is 2.36. The van der Waals surface area contributed by atoms with Crippen LogP contribution < -0.4 is 4.90 Å². The van der Waals surface area contributed by atoms with Gasteiger partial charge in [-0.3, -0.25) is 4.90 Å². The lowest BCUT2D eigenvalue weighted by molar-refractivity contribution is -0.00736. The molecule has 3 fully saturated rings. The summed E-state index contributed by atoms with van der Waals surface area (Å²) in [5.41, 5.74) is 0.225. The summed E-state index contributed by atoms with van der Waals surface area (Å²) in [5, 5.41) is 1.23. The van der Waals surface area contributed by atoms with Crippen molar-refractivity contribution in [3.05, 3.63) is 11.1 Å². The van der Waals surface area contributed by atoms with Crippen LogP contribution in [0.15, 0.2) is 6.20 Å². The lowest BCUT2D eigenvalue weighted by Crippen LogP contribution is -2.30. The molecule has 0 aromatic carbocycles. The van der Waals surface area contributed by atoms with Crippen LogP contribution in [0, 0.1) is 0 Å². The van der Waals surface area contributed by atoms with E-state index in [-0.39, 0.29) is 5.60 Å². The normalized spacial score (nSPS) is 30.3. The van der Waals surface area contributed by atoms with E-state index in [2.05, 4.69) is 21.0 Å². The summed E-state index contributed by atoms with van der Waals surface area (Å²) in [6, 6.07) is 0. The van der Waals surface area contributed by atoms with Gasteiger partial charge >= 0.3 is 0 Å². The molecule has 0 N–H and O–H groups in total. The monoisotopic (exact) mass is 321 g/mol. The summed E-state index contributed by atoms with van der Waals surface area (Å²) < 4.78 is 6.09. The number of rotatable bonds is 3. The molecular formula is C17H27N3OS. The molecule has 0 radical (unpaired) electrons. The Bertz CT molecular complexity index is 492. The first-order valence-corrected chi connectivity index (χ1v) is 9.71. The third-order valence-electron chi connectivity index (χ3n) is 5.47. The van der Waals surface area contributed by atoms with E-state index < -0.39 is 0 Å². The number of hydrogen-bond donors (Lipinski definition) is 0. The largest absolute Gasteiger partial charge is 0.375 e. The topological polar surface area (TPSA) is 28.6 Å². The van der Waals surface area contributed by atoms with Crippen molar-refractivity contribution in [2.75, 3.05) is 37.7 Å². The van der Waals surface area contributed by atoms with E-state index in [1.165, 1.54) is 81.1 Å². The number of aromatic nitrogens is 1. The zero-order valence-electron chi connectivity index (χ0n) is 13.4. The second-order valence-corrected chi connectivity index (χ2v) is 8.16. The number of nitrogens with zero attached hydrogens (tertiary/aromatic N) is 3. The van der Waals surface area contributed by atoms with Crippen LogP contribution in [-0.4, -0.2) is 48.3 Å². The highest BCUT2D eigenvalue weighted by molar-refractivity contribution is 7.15. The predicted molar refractivity (Wildman–Crippen MR) is 90.6 cm³/mol. The summed E-state index contributed by atoms with van der Waals surface area (Å²) in [6.45, 7) is 6.82. The molecule has 0 aliphatic carbocycles. The molecule has 1 aromatic heterocycles. The maximum atomic E-state index is 6.09. The van der Waals surface area contributed by atoms with Gasteiger partial charge in [-0.1, -0.05) is 0 Å². The number of anilines is 1. The number of thiazole rings is 1. The van der Waals surface area contributed by atoms with E-state index in [9.17, 15) is 0 Å². The van der Waals surface area contributed by atoms with Crippen molar-refractivity contribution in [2.24, 2.45) is 0 Å². The zero-order chi connectivity index (χ0) is 14.8. The quantitative estimate of drug-likeness (QED) is 0.854. The first kappa shape index (κ1) is 14.9. The molecule has 1 atom stereocenters. The Hall–Kier alpha value is -0.650. The average molecular weight is 321 g/mol. The first-order chi connectivity index (χ1) is 10.8. The highest BCUT2D eigenvalue weighted by atomic mass is 32.1. The molecule has 0 bridgehead atoms. The lowest BCUT2D eigenvalue weighted by atomic mass is 9.92. The Balaban J connectivity index is 1.35. The smallest absolute Gasteiger partial charge is 0.185 e. The minimum atomic E-state index is 0.225. The van der Waals surface area contributed by atoms with Crippen molar-refractivity contribution >= 4 is 16.5 Å². The van der Waals surface area contributed by atoms with Gasteiger partial charge in [0.25, 0.3) is 0 Å². The Morgan fingerprint density at radius 2 is 1.91 bits per heavy atom. The minimum Gasteiger partial charge on any atom is -0.375 e. The summed E-state index contributed by atoms with van der Waals surface area (Å²) in [6.07, 6.45) is 11.0. The second-order valence-electron chi connectivity index (χ2n) is 7.07. The third-order valence-corrected chi connectivity index (χ3v) is 6.52. The van der Waals surface area contributed by atoms with Gasteiger partial charge in [-0.25, -0.2) is 4.98 Å². The van der Waals surface area contributed by atoms with E-state index in [0.29, 0.717) is 0 Å². The van der Waals surface area contributed by atoms with Crippen LogP contribution in [-0.2, 0) is 11.3 Å². The molecule has 0 unspecified atom stereocenters. The summed E-state index contributed by atoms with van der Waals surface area (Å²) >= 11 is 1.90. The molecule has 0 amide bonds. The van der Waals surface area contributed by atoms with Crippen molar-refractivity contribution in [1.82, 2.24) is 9.88 Å². The van der Waals surface area contributed by atoms with Crippen LogP contribution in [0.2, 0.25) is 0 Å². The molecule has 3 aliphatic heterocycles. The van der Waals surface area contributed by atoms with Gasteiger partial charge in [-0.15, -0.1) is 11.3 Å². The van der Waals surface area contributed by atoms with Gasteiger partial charge in [0, 0.05) is 43.9 Å². The van der Waals surface area contributed by atoms with Crippen LogP contribution in [0.25, 0.3) is 0 Å². The highest BCUT2D eigenvalue weighted by Crippen LogP contribution is 2.36. The van der Waals surface area contributed by atoms with E-state index in [1.54, 1.807) is 0 Å². The first-order valence-electron chi connectivity index (χ1n) is 8.89. The van der Waals surface area contributed by atoms with Gasteiger partial charge in [-0.2, -0.15) is 0 Å². The van der Waals surface area contributed by atoms with Crippen LogP contribution in [0.1, 0.15) is 49.8 Å². The Kier molecular flexibility index (Phi) is 4.38. The van der Waals surface area contributed by atoms with Crippen LogP contribution in [0.5, 0.6) is 0 Å². The maximum absolute atomic E-state index is 6.09. The molecule has 122 valence electrons. The molecular weight excluding hydrogens is 294 g/mol. The van der Waals surface area contributed by atoms with E-state index in [0.717, 1.165) is 13.2 Å². The molecule has 4 nitrogen and oxygen atoms in total. The van der Waals surface area contributed by atoms with Gasteiger partial charge in [-0.05, 0) is 51.5 Å². The van der Waals surface area contributed by atoms with Gasteiger partial charge in [0.2, 0.25) is 0 Å². The zero-order valence-corrected chi connectivity index (χ0v) is 14.2. The van der Waals surface area contributed by atoms with Crippen molar-refractivity contribution in [3.8, 4) is 0 Å². The van der Waals surface area contributed by atoms with E-state index >= 15 is 0 Å². The molecule has 1 spiro atoms. The molecule has 22 heavy (non-hydrogen) atoms. The SMILES string of the molecule is c1nc(N2CCCC2)sc1CN1CCC[C@@]2(CCCO2)CC1. The van der Waals surface area contributed by atoms with E-state index in [1.807, 2.05) is 11.3 Å². The third kappa shape index (κ3) is 3.17. The fourth-order valence-electron chi connectivity index (χ4n) is 4.18. The van der Waals surface area contributed by atoms with Gasteiger partial charge in [0.15, 0.2) is 5.13 Å². The number of likely N-dealkylation sites (tertiary alicyclic amines) is 1. The average Bonchev–Trinajstić information content (AvgIpc) is 3.24. The fraction of sp³-hybridized carbons (Fsp3) is 0.824. The molecule has 0 saturated carbocycles. The molecule has 3 saturated heterocycles. The van der Waals surface area contributed by atoms with Crippen molar-refractivity contribution in [2.45, 2.75) is 57.1 Å². The lowest BCUT2D eigenvalue weighted by Gasteiger charge is -2.26. The van der Waals surface area contributed by atoms with Crippen LogP contribution in [0.3, 0.4) is 0 Å². The van der Waals surface area contributed by atoms with E-state index in [4.69, 9.17) is 4.74 Å². The fourth-order valence-corrected chi connectivity index (χ4v) is 5.18. The van der Waals surface area contributed by atoms with Gasteiger partial charge in [0.1, 0.15) is 0 Å². The molecule has 5 heteroatoms. The molecule has 4 heterocycles. The maximum Gasteiger partial charge on any atom is 0.185 e. The Morgan fingerprint density at radius 1 is 1.05 bits per heavy atom. The standard InChI is InChI=1S/C17H27N3OS/c1-2-10-20(9-1)16-18-13-15(22-16)14-19-8-3-5-17(7-11-19)6-4-12-21-17/h13H,1-12,14H2/t17-/m1/s1. The second kappa shape index (κ2) is 6.46. The summed E-state index contributed by atoms with van der Waals surface area (Å²) in [4.78, 5) is 11.1. The van der Waals surface area contributed by atoms with Crippen molar-refractivity contribution < 1.29 is 4.74 Å². The molecule has 1 aromatic rings. The van der Waals surface area contributed by atoms with Crippen LogP contribution in [0.4, 0.5) is 5.13 Å². The molecule has 4 rings (SSSR count). The number of hydrogen-bond acceptors (Lipinski definition) is 5. The Morgan fingerprint density at radius 3 is 2.73 bits per heavy atom. The minimum absolute atomic E-state index is 0.225. The number of ether oxygens (including phenoxy) is 1. The van der Waals surface area contributed by atoms with Crippen molar-refractivity contribution in [3.63, 3.8) is 0 Å². The van der Waals surface area contributed by atoms with Crippen molar-refractivity contribution in [1.29, 1.82) is 0 Å². The Labute approximate surface area is 137 Å².